The lowest BCUT2D eigenvalue weighted by Crippen LogP contribution is -2.38. The highest BCUT2D eigenvalue weighted by Crippen LogP contribution is 2.40. The number of rotatable bonds is 4. The Morgan fingerprint density at radius 2 is 2.00 bits per heavy atom. The van der Waals surface area contributed by atoms with Crippen LogP contribution in [0.1, 0.15) is 50.5 Å². The fourth-order valence-electron chi connectivity index (χ4n) is 3.96. The molecule has 2 aliphatic carbocycles. The normalized spacial score (nSPS) is 29.8. The summed E-state index contributed by atoms with van der Waals surface area (Å²) in [4.78, 5) is 4.26. The minimum Gasteiger partial charge on any atom is -0.481 e. The molecule has 1 N–H and O–H groups in total. The lowest BCUT2D eigenvalue weighted by atomic mass is 9.69. The van der Waals surface area contributed by atoms with E-state index in [2.05, 4.69) is 16.4 Å². The molecular weight excluding hydrogens is 248 g/mol. The van der Waals surface area contributed by atoms with E-state index in [-0.39, 0.29) is 0 Å². The fraction of sp³-hybridized carbons (Fsp3) is 0.706. The van der Waals surface area contributed by atoms with Gasteiger partial charge in [-0.1, -0.05) is 31.7 Å². The molecule has 3 heteroatoms. The predicted octanol–water partition coefficient (Wildman–Crippen LogP) is 3.54. The number of fused-ring (bicyclic) bond motifs is 1. The zero-order valence-corrected chi connectivity index (χ0v) is 12.5. The molecule has 20 heavy (non-hydrogen) atoms. The summed E-state index contributed by atoms with van der Waals surface area (Å²) in [6.45, 7) is 0.930. The topological polar surface area (TPSA) is 34.1 Å². The van der Waals surface area contributed by atoms with E-state index in [1.807, 2.05) is 12.3 Å². The van der Waals surface area contributed by atoms with E-state index in [0.717, 1.165) is 18.4 Å². The van der Waals surface area contributed by atoms with Crippen LogP contribution >= 0.6 is 0 Å². The molecule has 2 saturated carbocycles. The van der Waals surface area contributed by atoms with Crippen LogP contribution in [-0.2, 0) is 6.54 Å². The van der Waals surface area contributed by atoms with E-state index in [9.17, 15) is 0 Å². The van der Waals surface area contributed by atoms with Crippen LogP contribution in [0.4, 0.5) is 0 Å². The molecule has 2 fully saturated rings. The van der Waals surface area contributed by atoms with Gasteiger partial charge in [-0.25, -0.2) is 4.98 Å². The number of pyridine rings is 1. The van der Waals surface area contributed by atoms with E-state index >= 15 is 0 Å². The summed E-state index contributed by atoms with van der Waals surface area (Å²) in [6.07, 6.45) is 12.0. The van der Waals surface area contributed by atoms with Gasteiger partial charge in [-0.2, -0.15) is 0 Å². The van der Waals surface area contributed by atoms with Crippen molar-refractivity contribution in [3.05, 3.63) is 23.9 Å². The molecule has 1 heterocycles. The Bertz CT molecular complexity index is 418. The van der Waals surface area contributed by atoms with Gasteiger partial charge in [-0.05, 0) is 36.7 Å². The Hall–Kier alpha value is -1.09. The molecule has 0 radical (unpaired) electrons. The summed E-state index contributed by atoms with van der Waals surface area (Å²) in [6, 6.07) is 4.75. The quantitative estimate of drug-likeness (QED) is 0.912. The molecule has 0 amide bonds. The number of methoxy groups -OCH3 is 1. The molecule has 1 aromatic heterocycles. The number of aromatic nitrogens is 1. The number of nitrogens with zero attached hydrogens (tertiary/aromatic N) is 1. The predicted molar refractivity (Wildman–Crippen MR) is 80.7 cm³/mol. The van der Waals surface area contributed by atoms with Crippen LogP contribution in [-0.4, -0.2) is 18.1 Å². The highest BCUT2D eigenvalue weighted by Gasteiger charge is 2.31. The van der Waals surface area contributed by atoms with E-state index in [1.54, 1.807) is 7.11 Å². The fourth-order valence-corrected chi connectivity index (χ4v) is 3.96. The van der Waals surface area contributed by atoms with E-state index < -0.39 is 0 Å². The minimum atomic E-state index is 0.691. The molecule has 3 unspecified atom stereocenters. The van der Waals surface area contributed by atoms with Crippen molar-refractivity contribution in [2.45, 2.75) is 57.5 Å². The second-order valence-corrected chi connectivity index (χ2v) is 6.40. The van der Waals surface area contributed by atoms with E-state index in [4.69, 9.17) is 4.74 Å². The third-order valence-electron chi connectivity index (χ3n) is 5.14. The summed E-state index contributed by atoms with van der Waals surface area (Å²) >= 11 is 0. The van der Waals surface area contributed by atoms with Crippen molar-refractivity contribution < 1.29 is 4.74 Å². The zero-order valence-electron chi connectivity index (χ0n) is 12.5. The highest BCUT2D eigenvalue weighted by atomic mass is 16.5. The number of ether oxygens (including phenoxy) is 1. The first-order valence-electron chi connectivity index (χ1n) is 8.07. The van der Waals surface area contributed by atoms with Gasteiger partial charge in [0.2, 0.25) is 5.88 Å². The molecule has 2 aliphatic rings. The monoisotopic (exact) mass is 274 g/mol. The van der Waals surface area contributed by atoms with Crippen LogP contribution in [0.5, 0.6) is 5.88 Å². The molecule has 0 aliphatic heterocycles. The molecule has 1 aromatic rings. The number of hydrogen-bond donors (Lipinski definition) is 1. The molecular formula is C17H26N2O. The van der Waals surface area contributed by atoms with Crippen LogP contribution in [0.15, 0.2) is 18.3 Å². The standard InChI is InChI=1S/C17H26N2O/c1-20-17-9-6-13(12-19-17)11-18-16-8-7-14-4-2-3-5-15(14)10-16/h6,9,12,14-16,18H,2-5,7-8,10-11H2,1H3. The van der Waals surface area contributed by atoms with Gasteiger partial charge < -0.3 is 10.1 Å². The Balaban J connectivity index is 1.48. The molecule has 3 rings (SSSR count). The van der Waals surface area contributed by atoms with Gasteiger partial charge in [0, 0.05) is 24.8 Å². The van der Waals surface area contributed by atoms with Gasteiger partial charge in [-0.3, -0.25) is 0 Å². The first-order valence-corrected chi connectivity index (χ1v) is 8.07. The van der Waals surface area contributed by atoms with Gasteiger partial charge >= 0.3 is 0 Å². The van der Waals surface area contributed by atoms with E-state index in [0.29, 0.717) is 11.9 Å². The second kappa shape index (κ2) is 6.57. The van der Waals surface area contributed by atoms with E-state index in [1.165, 1.54) is 50.5 Å². The van der Waals surface area contributed by atoms with Crippen LogP contribution < -0.4 is 10.1 Å². The lowest BCUT2D eigenvalue weighted by Gasteiger charge is -2.39. The summed E-state index contributed by atoms with van der Waals surface area (Å²) in [7, 11) is 1.66. The highest BCUT2D eigenvalue weighted by molar-refractivity contribution is 5.17. The van der Waals surface area contributed by atoms with Gasteiger partial charge in [0.25, 0.3) is 0 Å². The van der Waals surface area contributed by atoms with Gasteiger partial charge in [0.1, 0.15) is 0 Å². The maximum Gasteiger partial charge on any atom is 0.212 e. The smallest absolute Gasteiger partial charge is 0.212 e. The average molecular weight is 274 g/mol. The SMILES string of the molecule is COc1ccc(CNC2CCC3CCCCC3C2)cn1. The van der Waals surface area contributed by atoms with Crippen molar-refractivity contribution in [1.29, 1.82) is 0 Å². The zero-order chi connectivity index (χ0) is 13.8. The number of hydrogen-bond acceptors (Lipinski definition) is 3. The first-order chi connectivity index (χ1) is 9.85. The third-order valence-corrected chi connectivity index (χ3v) is 5.14. The molecule has 0 aromatic carbocycles. The molecule has 110 valence electrons. The van der Waals surface area contributed by atoms with Crippen LogP contribution in [0.3, 0.4) is 0 Å². The van der Waals surface area contributed by atoms with Crippen molar-refractivity contribution in [3.8, 4) is 5.88 Å². The van der Waals surface area contributed by atoms with Crippen LogP contribution in [0, 0.1) is 11.8 Å². The van der Waals surface area contributed by atoms with Crippen molar-refractivity contribution >= 4 is 0 Å². The largest absolute Gasteiger partial charge is 0.481 e. The Kier molecular flexibility index (Phi) is 4.56. The first kappa shape index (κ1) is 13.9. The maximum absolute atomic E-state index is 5.09. The van der Waals surface area contributed by atoms with Crippen LogP contribution in [0.2, 0.25) is 0 Å². The Labute approximate surface area is 122 Å². The molecule has 0 bridgehead atoms. The lowest BCUT2D eigenvalue weighted by molar-refractivity contribution is 0.143. The van der Waals surface area contributed by atoms with Gasteiger partial charge in [0.05, 0.1) is 7.11 Å². The number of nitrogens with one attached hydrogen (secondary N) is 1. The molecule has 0 spiro atoms. The molecule has 3 atom stereocenters. The molecule has 3 nitrogen and oxygen atoms in total. The average Bonchev–Trinajstić information content (AvgIpc) is 2.53. The minimum absolute atomic E-state index is 0.691. The summed E-state index contributed by atoms with van der Waals surface area (Å²) in [5.41, 5.74) is 1.25. The summed E-state index contributed by atoms with van der Waals surface area (Å²) < 4.78 is 5.09. The van der Waals surface area contributed by atoms with Crippen LogP contribution in [0.25, 0.3) is 0 Å². The van der Waals surface area contributed by atoms with Crippen molar-refractivity contribution in [1.82, 2.24) is 10.3 Å². The second-order valence-electron chi connectivity index (χ2n) is 6.40. The third kappa shape index (κ3) is 3.32. The van der Waals surface area contributed by atoms with Crippen molar-refractivity contribution in [2.75, 3.05) is 7.11 Å². The summed E-state index contributed by atoms with van der Waals surface area (Å²) in [5.74, 6) is 2.71. The van der Waals surface area contributed by atoms with Gasteiger partial charge in [0.15, 0.2) is 0 Å². The Morgan fingerprint density at radius 3 is 2.75 bits per heavy atom. The van der Waals surface area contributed by atoms with Crippen molar-refractivity contribution in [3.63, 3.8) is 0 Å². The van der Waals surface area contributed by atoms with Crippen molar-refractivity contribution in [2.24, 2.45) is 11.8 Å². The maximum atomic E-state index is 5.09. The Morgan fingerprint density at radius 1 is 1.15 bits per heavy atom. The molecule has 0 saturated heterocycles. The summed E-state index contributed by atoms with van der Waals surface area (Å²) in [5, 5.41) is 3.73. The van der Waals surface area contributed by atoms with Gasteiger partial charge in [-0.15, -0.1) is 0 Å².